The topological polar surface area (TPSA) is 91.8 Å². The van der Waals surface area contributed by atoms with Crippen molar-refractivity contribution in [2.75, 3.05) is 11.9 Å². The summed E-state index contributed by atoms with van der Waals surface area (Å²) in [6.07, 6.45) is 6.72. The van der Waals surface area contributed by atoms with Crippen LogP contribution in [0.4, 0.5) is 5.82 Å². The van der Waals surface area contributed by atoms with Gasteiger partial charge in [0.1, 0.15) is 28.6 Å². The fourth-order valence-corrected chi connectivity index (χ4v) is 5.41. The van der Waals surface area contributed by atoms with Gasteiger partial charge in [0.05, 0.1) is 11.1 Å². The average molecular weight is 404 g/mol. The zero-order valence-corrected chi connectivity index (χ0v) is 17.3. The van der Waals surface area contributed by atoms with Crippen LogP contribution in [-0.2, 0) is 19.3 Å². The number of aromatic nitrogens is 5. The number of rotatable bonds is 5. The van der Waals surface area contributed by atoms with E-state index >= 15 is 0 Å². The Hall–Kier alpha value is -3.05. The largest absolute Gasteiger partial charge is 0.369 e. The number of hydrogen-bond acceptors (Lipinski definition) is 7. The first-order valence-corrected chi connectivity index (χ1v) is 10.7. The van der Waals surface area contributed by atoms with Gasteiger partial charge < -0.3 is 5.32 Å². The van der Waals surface area contributed by atoms with E-state index in [1.54, 1.807) is 22.2 Å². The Kier molecular flexibility index (Phi) is 4.40. The Labute approximate surface area is 172 Å². The Morgan fingerprint density at radius 2 is 2.17 bits per heavy atom. The van der Waals surface area contributed by atoms with Gasteiger partial charge in [-0.1, -0.05) is 0 Å². The van der Waals surface area contributed by atoms with Gasteiger partial charge >= 0.3 is 0 Å². The van der Waals surface area contributed by atoms with Crippen molar-refractivity contribution in [3.05, 3.63) is 45.5 Å². The molecule has 7 nitrogen and oxygen atoms in total. The highest BCUT2D eigenvalue weighted by Gasteiger charge is 2.21. The summed E-state index contributed by atoms with van der Waals surface area (Å²) in [5.74, 6) is 0.929. The van der Waals surface area contributed by atoms with Gasteiger partial charge in [-0.2, -0.15) is 10.4 Å². The highest BCUT2D eigenvalue weighted by molar-refractivity contribution is 7.19. The number of fused-ring (bicyclic) bond motifs is 4. The molecule has 0 saturated heterocycles. The predicted molar refractivity (Wildman–Crippen MR) is 113 cm³/mol. The molecule has 4 aromatic rings. The highest BCUT2D eigenvalue weighted by atomic mass is 32.1. The molecule has 0 spiro atoms. The summed E-state index contributed by atoms with van der Waals surface area (Å²) >= 11 is 1.80. The molecule has 5 rings (SSSR count). The standard InChI is InChI=1S/C21H21N7S/c1-12-9-13(2)28-20(26-12)15(10-22)16(27-28)6-4-8-23-19-18-14-5-3-7-17(14)29-21(18)25-11-24-19/h9,11H,3-8H2,1-2H3,(H,23,24,25). The maximum absolute atomic E-state index is 9.63. The van der Waals surface area contributed by atoms with Crippen molar-refractivity contribution in [2.24, 2.45) is 0 Å². The van der Waals surface area contributed by atoms with E-state index in [9.17, 15) is 5.26 Å². The number of hydrogen-bond donors (Lipinski definition) is 1. The Morgan fingerprint density at radius 1 is 1.28 bits per heavy atom. The molecule has 0 aromatic carbocycles. The molecule has 0 radical (unpaired) electrons. The molecule has 4 heterocycles. The molecule has 0 amide bonds. The van der Waals surface area contributed by atoms with Crippen molar-refractivity contribution < 1.29 is 0 Å². The quantitative estimate of drug-likeness (QED) is 0.510. The van der Waals surface area contributed by atoms with Crippen molar-refractivity contribution in [3.8, 4) is 6.07 Å². The fraction of sp³-hybridized carbons (Fsp3) is 0.381. The molecule has 0 aliphatic heterocycles. The van der Waals surface area contributed by atoms with Crippen LogP contribution in [0.1, 0.15) is 45.9 Å². The van der Waals surface area contributed by atoms with Gasteiger partial charge in [0, 0.05) is 22.8 Å². The molecule has 4 aromatic heterocycles. The Balaban J connectivity index is 1.33. The van der Waals surface area contributed by atoms with E-state index in [1.807, 2.05) is 19.9 Å². The maximum Gasteiger partial charge on any atom is 0.173 e. The third kappa shape index (κ3) is 3.02. The van der Waals surface area contributed by atoms with Gasteiger partial charge in [0.15, 0.2) is 5.65 Å². The van der Waals surface area contributed by atoms with Crippen LogP contribution in [0.3, 0.4) is 0 Å². The molecule has 8 heteroatoms. The lowest BCUT2D eigenvalue weighted by molar-refractivity contribution is 0.792. The second kappa shape index (κ2) is 7.08. The van der Waals surface area contributed by atoms with Crippen molar-refractivity contribution in [1.29, 1.82) is 5.26 Å². The summed E-state index contributed by atoms with van der Waals surface area (Å²) in [4.78, 5) is 16.0. The van der Waals surface area contributed by atoms with E-state index < -0.39 is 0 Å². The second-order valence-electron chi connectivity index (χ2n) is 7.50. The Bertz CT molecular complexity index is 1280. The summed E-state index contributed by atoms with van der Waals surface area (Å²) in [5.41, 5.74) is 5.35. The number of aryl methyl sites for hydroxylation is 5. The first kappa shape index (κ1) is 18.0. The van der Waals surface area contributed by atoms with E-state index in [1.165, 1.54) is 22.2 Å². The van der Waals surface area contributed by atoms with Crippen LogP contribution in [0.2, 0.25) is 0 Å². The van der Waals surface area contributed by atoms with E-state index in [-0.39, 0.29) is 0 Å². The molecule has 0 saturated carbocycles. The first-order valence-electron chi connectivity index (χ1n) is 9.91. The monoisotopic (exact) mass is 403 g/mol. The third-order valence-corrected chi connectivity index (χ3v) is 6.66. The van der Waals surface area contributed by atoms with Gasteiger partial charge in [-0.05, 0) is 57.6 Å². The minimum atomic E-state index is 0.580. The van der Waals surface area contributed by atoms with Crippen LogP contribution in [-0.4, -0.2) is 31.1 Å². The smallest absolute Gasteiger partial charge is 0.173 e. The summed E-state index contributed by atoms with van der Waals surface area (Å²) < 4.78 is 1.77. The predicted octanol–water partition coefficient (Wildman–Crippen LogP) is 3.76. The molecule has 1 N–H and O–H groups in total. The van der Waals surface area contributed by atoms with Crippen LogP contribution in [0, 0.1) is 25.2 Å². The van der Waals surface area contributed by atoms with Gasteiger partial charge in [-0.25, -0.2) is 19.5 Å². The third-order valence-electron chi connectivity index (χ3n) is 5.46. The van der Waals surface area contributed by atoms with Crippen LogP contribution in [0.15, 0.2) is 12.4 Å². The van der Waals surface area contributed by atoms with Crippen LogP contribution in [0.25, 0.3) is 15.9 Å². The van der Waals surface area contributed by atoms with Crippen molar-refractivity contribution in [2.45, 2.75) is 46.0 Å². The number of thiophene rings is 1. The number of nitrogens with zero attached hydrogens (tertiary/aromatic N) is 6. The maximum atomic E-state index is 9.63. The second-order valence-corrected chi connectivity index (χ2v) is 8.58. The van der Waals surface area contributed by atoms with Crippen LogP contribution in [0.5, 0.6) is 0 Å². The fourth-order valence-electron chi connectivity index (χ4n) is 4.18. The lowest BCUT2D eigenvalue weighted by Crippen LogP contribution is -2.06. The van der Waals surface area contributed by atoms with Crippen molar-refractivity contribution in [3.63, 3.8) is 0 Å². The Morgan fingerprint density at radius 3 is 3.03 bits per heavy atom. The number of anilines is 1. The van der Waals surface area contributed by atoms with Crippen LogP contribution >= 0.6 is 11.3 Å². The molecule has 1 aliphatic carbocycles. The molecular formula is C21H21N7S. The highest BCUT2D eigenvalue weighted by Crippen LogP contribution is 2.38. The SMILES string of the molecule is Cc1cc(C)n2nc(CCCNc3ncnc4sc5c(c34)CCC5)c(C#N)c2n1. The van der Waals surface area contributed by atoms with Gasteiger partial charge in [-0.15, -0.1) is 11.3 Å². The zero-order chi connectivity index (χ0) is 20.0. The molecule has 0 bridgehead atoms. The summed E-state index contributed by atoms with van der Waals surface area (Å²) in [6.45, 7) is 4.69. The van der Waals surface area contributed by atoms with E-state index in [0.29, 0.717) is 17.6 Å². The molecule has 29 heavy (non-hydrogen) atoms. The lowest BCUT2D eigenvalue weighted by atomic mass is 10.1. The molecular weight excluding hydrogens is 382 g/mol. The summed E-state index contributed by atoms with van der Waals surface area (Å²) in [6, 6.07) is 4.27. The zero-order valence-electron chi connectivity index (χ0n) is 16.5. The molecule has 0 fully saturated rings. The summed E-state index contributed by atoms with van der Waals surface area (Å²) in [5, 5.41) is 19.0. The average Bonchev–Trinajstić information content (AvgIpc) is 3.37. The molecule has 146 valence electrons. The van der Waals surface area contributed by atoms with Gasteiger partial charge in [-0.3, -0.25) is 0 Å². The summed E-state index contributed by atoms with van der Waals surface area (Å²) in [7, 11) is 0. The normalized spacial score (nSPS) is 13.1. The molecule has 0 atom stereocenters. The van der Waals surface area contributed by atoms with E-state index in [0.717, 1.165) is 53.5 Å². The van der Waals surface area contributed by atoms with E-state index in [2.05, 4.69) is 31.4 Å². The van der Waals surface area contributed by atoms with E-state index in [4.69, 9.17) is 0 Å². The molecule has 0 unspecified atom stereocenters. The molecule has 1 aliphatic rings. The van der Waals surface area contributed by atoms with Crippen molar-refractivity contribution in [1.82, 2.24) is 24.6 Å². The number of nitriles is 1. The lowest BCUT2D eigenvalue weighted by Gasteiger charge is -2.07. The van der Waals surface area contributed by atoms with Gasteiger partial charge in [0.2, 0.25) is 0 Å². The van der Waals surface area contributed by atoms with Crippen LogP contribution < -0.4 is 5.32 Å². The van der Waals surface area contributed by atoms with Crippen molar-refractivity contribution >= 4 is 33.0 Å². The number of nitrogens with one attached hydrogen (secondary N) is 1. The minimum Gasteiger partial charge on any atom is -0.369 e. The van der Waals surface area contributed by atoms with Gasteiger partial charge in [0.25, 0.3) is 0 Å². The first-order chi connectivity index (χ1) is 14.2. The minimum absolute atomic E-state index is 0.580.